The standard InChI is InChI=1S/C18H19N5O3/c19-16(24)15-12-5-1-9(7-13(12)22-17(15)23-18(20)25)14-6-4-11(26-14)8-21-10-2-3-10/h1,4-7,10,21-22H,2-3,8H2,(H2,19,24)(H3,20,23,25). The van der Waals surface area contributed by atoms with E-state index in [0.29, 0.717) is 23.5 Å². The normalized spacial score (nSPS) is 13.8. The van der Waals surface area contributed by atoms with Crippen LogP contribution >= 0.6 is 0 Å². The second-order valence-electron chi connectivity index (χ2n) is 6.41. The lowest BCUT2D eigenvalue weighted by Crippen LogP contribution is -2.22. The molecular formula is C18H19N5O3. The van der Waals surface area contributed by atoms with Gasteiger partial charge < -0.3 is 26.2 Å². The van der Waals surface area contributed by atoms with Gasteiger partial charge in [-0.2, -0.15) is 0 Å². The van der Waals surface area contributed by atoms with E-state index in [-0.39, 0.29) is 11.4 Å². The highest BCUT2D eigenvalue weighted by atomic mass is 16.3. The number of rotatable bonds is 6. The SMILES string of the molecule is NC(=O)Nc1[nH]c2cc(-c3ccc(CNC4CC4)o3)ccc2c1C(N)=O. The van der Waals surface area contributed by atoms with Gasteiger partial charge in [0.1, 0.15) is 17.3 Å². The third-order valence-corrected chi connectivity index (χ3v) is 4.38. The Hall–Kier alpha value is -3.26. The first-order chi connectivity index (χ1) is 12.5. The molecule has 2 heterocycles. The van der Waals surface area contributed by atoms with Crippen LogP contribution in [-0.4, -0.2) is 23.0 Å². The first kappa shape index (κ1) is 16.2. The summed E-state index contributed by atoms with van der Waals surface area (Å²) in [5, 5.41) is 6.40. The minimum atomic E-state index is -0.780. The van der Waals surface area contributed by atoms with E-state index in [2.05, 4.69) is 15.6 Å². The zero-order valence-corrected chi connectivity index (χ0v) is 14.0. The second kappa shape index (κ2) is 6.23. The van der Waals surface area contributed by atoms with Crippen molar-refractivity contribution in [1.29, 1.82) is 0 Å². The van der Waals surface area contributed by atoms with Crippen LogP contribution in [0.4, 0.5) is 10.6 Å². The second-order valence-corrected chi connectivity index (χ2v) is 6.41. The van der Waals surface area contributed by atoms with E-state index in [1.807, 2.05) is 24.3 Å². The smallest absolute Gasteiger partial charge is 0.317 e. The van der Waals surface area contributed by atoms with Crippen molar-refractivity contribution < 1.29 is 14.0 Å². The highest BCUT2D eigenvalue weighted by Crippen LogP contribution is 2.31. The highest BCUT2D eigenvalue weighted by molar-refractivity contribution is 6.13. The van der Waals surface area contributed by atoms with Crippen LogP contribution in [0.25, 0.3) is 22.2 Å². The van der Waals surface area contributed by atoms with E-state index >= 15 is 0 Å². The maximum Gasteiger partial charge on any atom is 0.317 e. The molecule has 0 spiro atoms. The number of amides is 3. The number of nitrogens with two attached hydrogens (primary N) is 2. The third-order valence-electron chi connectivity index (χ3n) is 4.38. The van der Waals surface area contributed by atoms with Crippen LogP contribution in [0.5, 0.6) is 0 Å². The van der Waals surface area contributed by atoms with Crippen molar-refractivity contribution in [3.63, 3.8) is 0 Å². The van der Waals surface area contributed by atoms with E-state index in [9.17, 15) is 9.59 Å². The first-order valence-corrected chi connectivity index (χ1v) is 8.35. The Kier molecular flexibility index (Phi) is 3.89. The molecule has 0 bridgehead atoms. The summed E-state index contributed by atoms with van der Waals surface area (Å²) in [6, 6.07) is 9.13. The predicted molar refractivity (Wildman–Crippen MR) is 97.6 cm³/mol. The average Bonchev–Trinajstić information content (AvgIpc) is 3.17. The van der Waals surface area contributed by atoms with Crippen molar-refractivity contribution in [3.8, 4) is 11.3 Å². The molecule has 0 aliphatic heterocycles. The van der Waals surface area contributed by atoms with E-state index in [1.165, 1.54) is 12.8 Å². The minimum absolute atomic E-state index is 0.186. The Morgan fingerprint density at radius 3 is 2.69 bits per heavy atom. The lowest BCUT2D eigenvalue weighted by Gasteiger charge is -2.01. The van der Waals surface area contributed by atoms with Crippen LogP contribution in [-0.2, 0) is 6.54 Å². The number of urea groups is 1. The lowest BCUT2D eigenvalue weighted by molar-refractivity contribution is 0.100. The van der Waals surface area contributed by atoms with Crippen LogP contribution in [0.15, 0.2) is 34.7 Å². The zero-order valence-electron chi connectivity index (χ0n) is 14.0. The van der Waals surface area contributed by atoms with E-state index in [0.717, 1.165) is 17.1 Å². The van der Waals surface area contributed by atoms with Crippen molar-refractivity contribution in [2.75, 3.05) is 5.32 Å². The number of H-pyrrole nitrogens is 1. The number of carbonyl (C=O) groups excluding carboxylic acids is 2. The van der Waals surface area contributed by atoms with E-state index in [4.69, 9.17) is 15.9 Å². The summed E-state index contributed by atoms with van der Waals surface area (Å²) >= 11 is 0. The number of aromatic nitrogens is 1. The first-order valence-electron chi connectivity index (χ1n) is 8.35. The highest BCUT2D eigenvalue weighted by Gasteiger charge is 2.21. The Bertz CT molecular complexity index is 1000. The van der Waals surface area contributed by atoms with Gasteiger partial charge in [-0.25, -0.2) is 4.79 Å². The van der Waals surface area contributed by atoms with Crippen molar-refractivity contribution in [2.24, 2.45) is 11.5 Å². The molecule has 8 heteroatoms. The molecule has 0 saturated heterocycles. The van der Waals surface area contributed by atoms with Gasteiger partial charge in [-0.05, 0) is 31.0 Å². The number of anilines is 1. The molecule has 1 fully saturated rings. The van der Waals surface area contributed by atoms with Crippen LogP contribution in [0, 0.1) is 0 Å². The molecule has 1 aliphatic carbocycles. The summed E-state index contributed by atoms with van der Waals surface area (Å²) in [7, 11) is 0. The monoisotopic (exact) mass is 353 g/mol. The minimum Gasteiger partial charge on any atom is -0.460 e. The summed E-state index contributed by atoms with van der Waals surface area (Å²) in [6.07, 6.45) is 2.45. The maximum absolute atomic E-state index is 11.8. The average molecular weight is 353 g/mol. The molecular weight excluding hydrogens is 334 g/mol. The van der Waals surface area contributed by atoms with Gasteiger partial charge in [-0.3, -0.25) is 10.1 Å². The molecule has 0 atom stereocenters. The largest absolute Gasteiger partial charge is 0.460 e. The topological polar surface area (TPSA) is 139 Å². The number of nitrogens with one attached hydrogen (secondary N) is 3. The number of furan rings is 1. The third kappa shape index (κ3) is 3.14. The van der Waals surface area contributed by atoms with Crippen LogP contribution in [0.1, 0.15) is 29.0 Å². The van der Waals surface area contributed by atoms with Crippen LogP contribution < -0.4 is 22.1 Å². The fraction of sp³-hybridized carbons (Fsp3) is 0.222. The molecule has 134 valence electrons. The van der Waals surface area contributed by atoms with Gasteiger partial charge in [0.2, 0.25) is 0 Å². The fourth-order valence-corrected chi connectivity index (χ4v) is 2.98. The molecule has 1 aromatic carbocycles. The number of hydrogen-bond acceptors (Lipinski definition) is 4. The maximum atomic E-state index is 11.8. The van der Waals surface area contributed by atoms with Crippen molar-refractivity contribution in [2.45, 2.75) is 25.4 Å². The molecule has 1 saturated carbocycles. The Labute approximate surface area is 148 Å². The number of aromatic amines is 1. The molecule has 3 amide bonds. The van der Waals surface area contributed by atoms with Crippen molar-refractivity contribution >= 4 is 28.7 Å². The fourth-order valence-electron chi connectivity index (χ4n) is 2.98. The Morgan fingerprint density at radius 1 is 1.19 bits per heavy atom. The van der Waals surface area contributed by atoms with Gasteiger partial charge in [0.25, 0.3) is 5.91 Å². The van der Waals surface area contributed by atoms with Crippen molar-refractivity contribution in [1.82, 2.24) is 10.3 Å². The Balaban J connectivity index is 1.66. The van der Waals surface area contributed by atoms with Crippen molar-refractivity contribution in [3.05, 3.63) is 41.7 Å². The number of fused-ring (bicyclic) bond motifs is 1. The van der Waals surface area contributed by atoms with Gasteiger partial charge in [-0.1, -0.05) is 12.1 Å². The number of benzene rings is 1. The molecule has 26 heavy (non-hydrogen) atoms. The lowest BCUT2D eigenvalue weighted by atomic mass is 10.1. The van der Waals surface area contributed by atoms with Gasteiger partial charge in [0, 0.05) is 22.5 Å². The number of carbonyl (C=O) groups is 2. The summed E-state index contributed by atoms with van der Waals surface area (Å²) in [5.74, 6) is 1.12. The quantitative estimate of drug-likeness (QED) is 0.464. The predicted octanol–water partition coefficient (Wildman–Crippen LogP) is 2.27. The summed E-state index contributed by atoms with van der Waals surface area (Å²) in [5.41, 5.74) is 12.3. The molecule has 0 unspecified atom stereocenters. The molecule has 1 aliphatic rings. The molecule has 3 aromatic rings. The molecule has 8 nitrogen and oxygen atoms in total. The summed E-state index contributed by atoms with van der Waals surface area (Å²) in [4.78, 5) is 25.9. The Morgan fingerprint density at radius 2 is 2.00 bits per heavy atom. The number of primary amides is 2. The zero-order chi connectivity index (χ0) is 18.3. The molecule has 7 N–H and O–H groups in total. The summed E-state index contributed by atoms with van der Waals surface area (Å²) < 4.78 is 5.89. The van der Waals surface area contributed by atoms with Crippen LogP contribution in [0.2, 0.25) is 0 Å². The molecule has 0 radical (unpaired) electrons. The van der Waals surface area contributed by atoms with E-state index < -0.39 is 11.9 Å². The van der Waals surface area contributed by atoms with Gasteiger partial charge >= 0.3 is 6.03 Å². The number of hydrogen-bond donors (Lipinski definition) is 5. The van der Waals surface area contributed by atoms with Gasteiger partial charge in [-0.15, -0.1) is 0 Å². The van der Waals surface area contributed by atoms with E-state index in [1.54, 1.807) is 6.07 Å². The molecule has 4 rings (SSSR count). The van der Waals surface area contributed by atoms with Gasteiger partial charge in [0.05, 0.1) is 12.1 Å². The summed E-state index contributed by atoms with van der Waals surface area (Å²) in [6.45, 7) is 0.702. The van der Waals surface area contributed by atoms with Crippen LogP contribution in [0.3, 0.4) is 0 Å². The van der Waals surface area contributed by atoms with Gasteiger partial charge in [0.15, 0.2) is 0 Å². The molecule has 2 aromatic heterocycles.